The summed E-state index contributed by atoms with van der Waals surface area (Å²) in [5.74, 6) is -1.22. The van der Waals surface area contributed by atoms with Crippen molar-refractivity contribution in [2.24, 2.45) is 0 Å². The average Bonchev–Trinajstić information content (AvgIpc) is 2.63. The number of nitrogens with one attached hydrogen (secondary N) is 1. The summed E-state index contributed by atoms with van der Waals surface area (Å²) >= 11 is 6.06. The van der Waals surface area contributed by atoms with Crippen LogP contribution >= 0.6 is 11.6 Å². The highest BCUT2D eigenvalue weighted by Gasteiger charge is 2.16. The second kappa shape index (κ2) is 8.96. The molecule has 0 fully saturated rings. The van der Waals surface area contributed by atoms with Gasteiger partial charge in [0.25, 0.3) is 0 Å². The summed E-state index contributed by atoms with van der Waals surface area (Å²) < 4.78 is 4.65. The number of carbonyl (C=O) groups is 3. The Kier molecular flexibility index (Phi) is 6.68. The summed E-state index contributed by atoms with van der Waals surface area (Å²) in [7, 11) is 1.26. The number of esters is 1. The van der Waals surface area contributed by atoms with Gasteiger partial charge < -0.3 is 15.0 Å². The Morgan fingerprint density at radius 2 is 1.88 bits per heavy atom. The van der Waals surface area contributed by atoms with E-state index < -0.39 is 11.9 Å². The number of aromatic nitrogens is 1. The second-order valence-electron chi connectivity index (χ2n) is 5.46. The standard InChI is InChI=1S/C18H18ClN3O4/c1-12(23)22(10-13-5-7-20-8-6-13)11-17(24)21-16-9-14(18(25)26-2)3-4-15(16)19/h3-9H,10-11H2,1-2H3,(H,21,24). The van der Waals surface area contributed by atoms with Gasteiger partial charge in [0, 0.05) is 25.9 Å². The van der Waals surface area contributed by atoms with Crippen molar-refractivity contribution in [2.45, 2.75) is 13.5 Å². The third-order valence-electron chi connectivity index (χ3n) is 3.56. The molecule has 0 aliphatic carbocycles. The number of nitrogens with zero attached hydrogens (tertiary/aromatic N) is 2. The molecule has 0 aliphatic rings. The normalized spacial score (nSPS) is 10.1. The van der Waals surface area contributed by atoms with E-state index in [2.05, 4.69) is 15.0 Å². The number of benzene rings is 1. The molecule has 0 saturated carbocycles. The maximum Gasteiger partial charge on any atom is 0.337 e. The third kappa shape index (κ3) is 5.29. The number of hydrogen-bond acceptors (Lipinski definition) is 5. The van der Waals surface area contributed by atoms with Crippen LogP contribution in [0.25, 0.3) is 0 Å². The van der Waals surface area contributed by atoms with Crippen molar-refractivity contribution in [2.75, 3.05) is 19.0 Å². The van der Waals surface area contributed by atoms with Crippen LogP contribution in [0.15, 0.2) is 42.7 Å². The Labute approximate surface area is 155 Å². The monoisotopic (exact) mass is 375 g/mol. The van der Waals surface area contributed by atoms with Gasteiger partial charge in [-0.05, 0) is 35.9 Å². The van der Waals surface area contributed by atoms with Gasteiger partial charge in [0.05, 0.1) is 23.4 Å². The van der Waals surface area contributed by atoms with Crippen molar-refractivity contribution in [3.8, 4) is 0 Å². The number of rotatable bonds is 6. The van der Waals surface area contributed by atoms with Crippen molar-refractivity contribution in [3.05, 3.63) is 58.9 Å². The molecule has 0 atom stereocenters. The zero-order valence-corrected chi connectivity index (χ0v) is 15.1. The van der Waals surface area contributed by atoms with E-state index in [-0.39, 0.29) is 35.3 Å². The summed E-state index contributed by atoms with van der Waals surface area (Å²) in [5, 5.41) is 2.89. The fourth-order valence-electron chi connectivity index (χ4n) is 2.22. The second-order valence-corrected chi connectivity index (χ2v) is 5.87. The minimum Gasteiger partial charge on any atom is -0.465 e. The number of methoxy groups -OCH3 is 1. The molecule has 1 aromatic heterocycles. The lowest BCUT2D eigenvalue weighted by Gasteiger charge is -2.21. The van der Waals surface area contributed by atoms with E-state index in [1.807, 2.05) is 0 Å². The molecule has 0 bridgehead atoms. The fourth-order valence-corrected chi connectivity index (χ4v) is 2.38. The molecule has 1 heterocycles. The van der Waals surface area contributed by atoms with Crippen molar-refractivity contribution < 1.29 is 19.1 Å². The van der Waals surface area contributed by atoms with Gasteiger partial charge in [0.1, 0.15) is 6.54 Å². The number of halogens is 1. The molecule has 136 valence electrons. The Hall–Kier alpha value is -2.93. The van der Waals surface area contributed by atoms with Crippen LogP contribution in [0, 0.1) is 0 Å². The Morgan fingerprint density at radius 3 is 2.50 bits per heavy atom. The van der Waals surface area contributed by atoms with Gasteiger partial charge in [-0.1, -0.05) is 11.6 Å². The molecule has 2 rings (SSSR count). The number of hydrogen-bond donors (Lipinski definition) is 1. The van der Waals surface area contributed by atoms with Gasteiger partial charge in [0.15, 0.2) is 0 Å². The van der Waals surface area contributed by atoms with Crippen molar-refractivity contribution in [1.82, 2.24) is 9.88 Å². The Morgan fingerprint density at radius 1 is 1.19 bits per heavy atom. The summed E-state index contributed by atoms with van der Waals surface area (Å²) in [6.45, 7) is 1.51. The molecule has 2 amide bonds. The molecule has 0 radical (unpaired) electrons. The van der Waals surface area contributed by atoms with E-state index in [0.717, 1.165) is 5.56 Å². The smallest absolute Gasteiger partial charge is 0.337 e. The largest absolute Gasteiger partial charge is 0.465 e. The minimum atomic E-state index is -0.541. The molecule has 7 nitrogen and oxygen atoms in total. The van der Waals surface area contributed by atoms with Crippen LogP contribution < -0.4 is 5.32 Å². The molecular formula is C18H18ClN3O4. The maximum absolute atomic E-state index is 12.3. The van der Waals surface area contributed by atoms with Crippen molar-refractivity contribution in [1.29, 1.82) is 0 Å². The van der Waals surface area contributed by atoms with Crippen LogP contribution in [0.2, 0.25) is 5.02 Å². The van der Waals surface area contributed by atoms with Crippen molar-refractivity contribution in [3.63, 3.8) is 0 Å². The van der Waals surface area contributed by atoms with Crippen LogP contribution in [0.1, 0.15) is 22.8 Å². The molecule has 0 spiro atoms. The quantitative estimate of drug-likeness (QED) is 0.783. The fraction of sp³-hybridized carbons (Fsp3) is 0.222. The van der Waals surface area contributed by atoms with Gasteiger partial charge in [-0.2, -0.15) is 0 Å². The molecule has 1 aromatic carbocycles. The van der Waals surface area contributed by atoms with E-state index in [1.54, 1.807) is 24.5 Å². The van der Waals surface area contributed by atoms with E-state index >= 15 is 0 Å². The SMILES string of the molecule is COC(=O)c1ccc(Cl)c(NC(=O)CN(Cc2ccncc2)C(C)=O)c1. The topological polar surface area (TPSA) is 88.6 Å². The molecular weight excluding hydrogens is 358 g/mol. The first kappa shape index (κ1) is 19.4. The van der Waals surface area contributed by atoms with E-state index in [1.165, 1.54) is 37.1 Å². The molecule has 1 N–H and O–H groups in total. The molecule has 2 aromatic rings. The number of amides is 2. The van der Waals surface area contributed by atoms with Crippen LogP contribution in [0.5, 0.6) is 0 Å². The molecule has 26 heavy (non-hydrogen) atoms. The van der Waals surface area contributed by atoms with Crippen LogP contribution in [-0.4, -0.2) is 41.3 Å². The molecule has 0 aliphatic heterocycles. The first-order valence-corrected chi connectivity index (χ1v) is 8.10. The highest BCUT2D eigenvalue weighted by molar-refractivity contribution is 6.33. The van der Waals surface area contributed by atoms with Gasteiger partial charge >= 0.3 is 5.97 Å². The predicted octanol–water partition coefficient (Wildman–Crippen LogP) is 2.51. The Balaban J connectivity index is 2.08. The number of pyridine rings is 1. The molecule has 0 unspecified atom stereocenters. The molecule has 0 saturated heterocycles. The van der Waals surface area contributed by atoms with Gasteiger partial charge in [-0.15, -0.1) is 0 Å². The summed E-state index contributed by atoms with van der Waals surface area (Å²) in [4.78, 5) is 41.1. The van der Waals surface area contributed by atoms with E-state index in [9.17, 15) is 14.4 Å². The summed E-state index contributed by atoms with van der Waals surface area (Å²) in [5.41, 5.74) is 1.38. The molecule has 8 heteroatoms. The average molecular weight is 376 g/mol. The van der Waals surface area contributed by atoms with Crippen LogP contribution in [0.3, 0.4) is 0 Å². The lowest BCUT2D eigenvalue weighted by molar-refractivity contribution is -0.133. The first-order chi connectivity index (χ1) is 12.4. The number of ether oxygens (including phenoxy) is 1. The number of carbonyl (C=O) groups excluding carboxylic acids is 3. The van der Waals surface area contributed by atoms with Crippen molar-refractivity contribution >= 4 is 35.1 Å². The minimum absolute atomic E-state index is 0.156. The van der Waals surface area contributed by atoms with Crippen LogP contribution in [0.4, 0.5) is 5.69 Å². The highest BCUT2D eigenvalue weighted by Crippen LogP contribution is 2.23. The zero-order chi connectivity index (χ0) is 19.1. The zero-order valence-electron chi connectivity index (χ0n) is 14.4. The maximum atomic E-state index is 12.3. The highest BCUT2D eigenvalue weighted by atomic mass is 35.5. The van der Waals surface area contributed by atoms with Gasteiger partial charge in [-0.25, -0.2) is 4.79 Å². The van der Waals surface area contributed by atoms with Gasteiger partial charge in [0.2, 0.25) is 11.8 Å². The first-order valence-electron chi connectivity index (χ1n) is 7.73. The third-order valence-corrected chi connectivity index (χ3v) is 3.89. The summed E-state index contributed by atoms with van der Waals surface area (Å²) in [6, 6.07) is 7.94. The summed E-state index contributed by atoms with van der Waals surface area (Å²) in [6.07, 6.45) is 3.23. The predicted molar refractivity (Wildman–Crippen MR) is 96.7 cm³/mol. The number of anilines is 1. The lowest BCUT2D eigenvalue weighted by Crippen LogP contribution is -2.36. The van der Waals surface area contributed by atoms with Crippen LogP contribution in [-0.2, 0) is 20.9 Å². The Bertz CT molecular complexity index is 811. The van der Waals surface area contributed by atoms with Gasteiger partial charge in [-0.3, -0.25) is 14.6 Å². The van der Waals surface area contributed by atoms with E-state index in [0.29, 0.717) is 0 Å². The lowest BCUT2D eigenvalue weighted by atomic mass is 10.2. The van der Waals surface area contributed by atoms with E-state index in [4.69, 9.17) is 11.6 Å².